The first kappa shape index (κ1) is 20.4. The molecule has 0 aliphatic heterocycles. The van der Waals surface area contributed by atoms with Crippen molar-refractivity contribution >= 4 is 11.8 Å². The number of hydrogen-bond acceptors (Lipinski definition) is 4. The Morgan fingerprint density at radius 3 is 2.27 bits per heavy atom. The zero-order valence-electron chi connectivity index (χ0n) is 14.3. The van der Waals surface area contributed by atoms with Gasteiger partial charge in [0.05, 0.1) is 6.04 Å². The maximum Gasteiger partial charge on any atom is 0.242 e. The lowest BCUT2D eigenvalue weighted by Crippen LogP contribution is -2.55. The first-order chi connectivity index (χ1) is 10.4. The molecule has 6 heteroatoms. The number of amides is 2. The Labute approximate surface area is 134 Å². The quantitative estimate of drug-likeness (QED) is 0.423. The molecule has 3 atom stereocenters. The second-order valence-corrected chi connectivity index (χ2v) is 5.65. The second kappa shape index (κ2) is 11.0. The molecular weight excluding hydrogens is 280 g/mol. The summed E-state index contributed by atoms with van der Waals surface area (Å²) < 4.78 is 0. The molecule has 0 saturated carbocycles. The van der Waals surface area contributed by atoms with Gasteiger partial charge in [-0.3, -0.25) is 9.59 Å². The second-order valence-electron chi connectivity index (χ2n) is 5.65. The number of rotatable bonds is 10. The highest BCUT2D eigenvalue weighted by atomic mass is 16.2. The molecular formula is C16H30N4O2. The van der Waals surface area contributed by atoms with E-state index in [4.69, 9.17) is 6.42 Å². The highest BCUT2D eigenvalue weighted by molar-refractivity contribution is 5.89. The fourth-order valence-electron chi connectivity index (χ4n) is 1.93. The van der Waals surface area contributed by atoms with Crippen molar-refractivity contribution in [3.8, 4) is 12.3 Å². The van der Waals surface area contributed by atoms with Crippen molar-refractivity contribution in [2.45, 2.75) is 52.2 Å². The molecule has 0 aliphatic carbocycles. The molecule has 0 bridgehead atoms. The van der Waals surface area contributed by atoms with Gasteiger partial charge in [0.1, 0.15) is 6.04 Å². The van der Waals surface area contributed by atoms with Gasteiger partial charge in [-0.1, -0.05) is 13.8 Å². The normalized spacial score (nSPS) is 14.8. The lowest BCUT2D eigenvalue weighted by Gasteiger charge is -2.24. The molecule has 0 saturated heterocycles. The van der Waals surface area contributed by atoms with Crippen molar-refractivity contribution in [1.82, 2.24) is 21.3 Å². The molecule has 0 heterocycles. The van der Waals surface area contributed by atoms with Crippen LogP contribution in [0.25, 0.3) is 0 Å². The summed E-state index contributed by atoms with van der Waals surface area (Å²) in [5.74, 6) is 2.27. The number of nitrogens with one attached hydrogen (secondary N) is 4. The largest absolute Gasteiger partial charge is 0.355 e. The molecule has 0 spiro atoms. The summed E-state index contributed by atoms with van der Waals surface area (Å²) in [6.07, 6.45) is 5.88. The lowest BCUT2D eigenvalue weighted by atomic mass is 10.0. The van der Waals surface area contributed by atoms with Crippen LogP contribution in [0.4, 0.5) is 0 Å². The smallest absolute Gasteiger partial charge is 0.242 e. The van der Waals surface area contributed by atoms with Crippen LogP contribution in [0.5, 0.6) is 0 Å². The van der Waals surface area contributed by atoms with Gasteiger partial charge in [-0.05, 0) is 26.8 Å². The Bertz CT molecular complexity index is 390. The zero-order chi connectivity index (χ0) is 17.1. The molecule has 0 aliphatic rings. The lowest BCUT2D eigenvalue weighted by molar-refractivity contribution is -0.130. The zero-order valence-corrected chi connectivity index (χ0v) is 14.3. The van der Waals surface area contributed by atoms with Gasteiger partial charge in [-0.2, -0.15) is 0 Å². The van der Waals surface area contributed by atoms with E-state index in [-0.39, 0.29) is 23.8 Å². The number of terminal acetylenes is 1. The summed E-state index contributed by atoms with van der Waals surface area (Å²) in [6.45, 7) is 8.56. The molecule has 0 aromatic rings. The minimum atomic E-state index is -0.525. The van der Waals surface area contributed by atoms with E-state index >= 15 is 0 Å². The van der Waals surface area contributed by atoms with Gasteiger partial charge in [-0.25, -0.2) is 0 Å². The topological polar surface area (TPSA) is 82.3 Å². The average molecular weight is 310 g/mol. The summed E-state index contributed by atoms with van der Waals surface area (Å²) in [5, 5.41) is 11.8. The van der Waals surface area contributed by atoms with Gasteiger partial charge in [0, 0.05) is 25.6 Å². The highest BCUT2D eigenvalue weighted by Crippen LogP contribution is 2.02. The maximum absolute atomic E-state index is 12.2. The first-order valence-electron chi connectivity index (χ1n) is 7.79. The maximum atomic E-state index is 12.2. The predicted molar refractivity (Wildman–Crippen MR) is 89.2 cm³/mol. The molecule has 0 aromatic carbocycles. The van der Waals surface area contributed by atoms with Crippen LogP contribution in [0.2, 0.25) is 0 Å². The Morgan fingerprint density at radius 2 is 1.82 bits per heavy atom. The summed E-state index contributed by atoms with van der Waals surface area (Å²) in [6, 6.07) is -0.809. The number of likely N-dealkylation sites (N-methyl/N-ethyl adjacent to an activating group) is 2. The summed E-state index contributed by atoms with van der Waals surface area (Å²) in [7, 11) is 1.83. The monoisotopic (exact) mass is 310 g/mol. The fourth-order valence-corrected chi connectivity index (χ4v) is 1.93. The van der Waals surface area contributed by atoms with E-state index in [0.29, 0.717) is 19.5 Å². The average Bonchev–Trinajstić information content (AvgIpc) is 2.48. The van der Waals surface area contributed by atoms with Crippen molar-refractivity contribution < 1.29 is 9.59 Å². The van der Waals surface area contributed by atoms with Gasteiger partial charge >= 0.3 is 0 Å². The van der Waals surface area contributed by atoms with Crippen LogP contribution in [0.15, 0.2) is 0 Å². The van der Waals surface area contributed by atoms with Gasteiger partial charge < -0.3 is 21.3 Å². The number of carbonyl (C=O) groups is 2. The highest BCUT2D eigenvalue weighted by Gasteiger charge is 2.25. The Morgan fingerprint density at radius 1 is 1.18 bits per heavy atom. The molecule has 0 fully saturated rings. The molecule has 0 unspecified atom stereocenters. The van der Waals surface area contributed by atoms with Crippen LogP contribution in [-0.4, -0.2) is 50.1 Å². The van der Waals surface area contributed by atoms with Crippen LogP contribution in [0, 0.1) is 18.3 Å². The number of carbonyl (C=O) groups excluding carboxylic acids is 2. The van der Waals surface area contributed by atoms with Crippen LogP contribution in [0.1, 0.15) is 34.1 Å². The third kappa shape index (κ3) is 7.43. The van der Waals surface area contributed by atoms with Gasteiger partial charge in [-0.15, -0.1) is 12.3 Å². The van der Waals surface area contributed by atoms with Gasteiger partial charge in [0.15, 0.2) is 0 Å². The predicted octanol–water partition coefficient (Wildman–Crippen LogP) is -0.147. The van der Waals surface area contributed by atoms with E-state index in [2.05, 4.69) is 27.2 Å². The van der Waals surface area contributed by atoms with E-state index in [9.17, 15) is 9.59 Å². The molecule has 0 rings (SSSR count). The Kier molecular flexibility index (Phi) is 10.3. The summed E-state index contributed by atoms with van der Waals surface area (Å²) in [4.78, 5) is 24.2. The van der Waals surface area contributed by atoms with Gasteiger partial charge in [0.2, 0.25) is 11.8 Å². The van der Waals surface area contributed by atoms with E-state index in [1.54, 1.807) is 6.92 Å². The third-order valence-corrected chi connectivity index (χ3v) is 3.43. The molecule has 0 radical (unpaired) electrons. The van der Waals surface area contributed by atoms with Crippen LogP contribution in [0.3, 0.4) is 0 Å². The van der Waals surface area contributed by atoms with E-state index in [1.807, 2.05) is 27.8 Å². The summed E-state index contributed by atoms with van der Waals surface area (Å²) in [5.41, 5.74) is 0. The molecule has 6 nitrogen and oxygen atoms in total. The van der Waals surface area contributed by atoms with Crippen LogP contribution < -0.4 is 21.3 Å². The van der Waals surface area contributed by atoms with Crippen molar-refractivity contribution in [3.05, 3.63) is 0 Å². The van der Waals surface area contributed by atoms with Crippen molar-refractivity contribution in [2.24, 2.45) is 5.92 Å². The minimum Gasteiger partial charge on any atom is -0.355 e. The van der Waals surface area contributed by atoms with E-state index in [1.165, 1.54) is 0 Å². The van der Waals surface area contributed by atoms with Crippen LogP contribution in [-0.2, 0) is 9.59 Å². The molecule has 22 heavy (non-hydrogen) atoms. The third-order valence-electron chi connectivity index (χ3n) is 3.43. The Balaban J connectivity index is 4.48. The van der Waals surface area contributed by atoms with Crippen molar-refractivity contribution in [1.29, 1.82) is 0 Å². The fraction of sp³-hybridized carbons (Fsp3) is 0.750. The molecule has 4 N–H and O–H groups in total. The SMILES string of the molecule is C#CC[C@@H](CN[C@@H](C)C(=O)N[C@H](C(=O)NCC)C(C)C)NC. The standard InChI is InChI=1S/C16H30N4O2/c1-7-9-13(17-6)10-19-12(5)15(21)20-14(11(3)4)16(22)18-8-2/h1,11-14,17,19H,8-10H2,2-6H3,(H,18,22)(H,20,21)/t12-,13-,14-/m0/s1. The first-order valence-corrected chi connectivity index (χ1v) is 7.79. The minimum absolute atomic E-state index is 0.0224. The summed E-state index contributed by atoms with van der Waals surface area (Å²) >= 11 is 0. The van der Waals surface area contributed by atoms with Crippen molar-refractivity contribution in [3.63, 3.8) is 0 Å². The molecule has 126 valence electrons. The van der Waals surface area contributed by atoms with Crippen molar-refractivity contribution in [2.75, 3.05) is 20.1 Å². The van der Waals surface area contributed by atoms with Gasteiger partial charge in [0.25, 0.3) is 0 Å². The van der Waals surface area contributed by atoms with E-state index < -0.39 is 12.1 Å². The van der Waals surface area contributed by atoms with Crippen LogP contribution >= 0.6 is 0 Å². The van der Waals surface area contributed by atoms with E-state index in [0.717, 1.165) is 0 Å². The Hall–Kier alpha value is -1.58. The molecule has 0 aromatic heterocycles. The number of hydrogen-bond donors (Lipinski definition) is 4. The molecule has 2 amide bonds.